The normalized spacial score (nSPS) is 19.5. The summed E-state index contributed by atoms with van der Waals surface area (Å²) in [6, 6.07) is 9.38. The van der Waals surface area contributed by atoms with Crippen LogP contribution >= 0.6 is 11.3 Å². The molecule has 1 aromatic carbocycles. The van der Waals surface area contributed by atoms with Gasteiger partial charge in [0.15, 0.2) is 0 Å². The number of fused-ring (bicyclic) bond motifs is 1. The Bertz CT molecular complexity index is 910. The van der Waals surface area contributed by atoms with Crippen LogP contribution < -0.4 is 5.32 Å². The van der Waals surface area contributed by atoms with E-state index >= 15 is 0 Å². The molecule has 0 saturated carbocycles. The number of hydrogen-bond acceptors (Lipinski definition) is 6. The number of rotatable bonds is 2. The zero-order valence-corrected chi connectivity index (χ0v) is 14.0. The van der Waals surface area contributed by atoms with Crippen LogP contribution in [0.15, 0.2) is 29.6 Å². The molecule has 1 aliphatic heterocycles. The second kappa shape index (κ2) is 5.32. The van der Waals surface area contributed by atoms with E-state index in [2.05, 4.69) is 11.4 Å². The Morgan fingerprint density at radius 3 is 2.70 bits per heavy atom. The fourth-order valence-electron chi connectivity index (χ4n) is 2.52. The van der Waals surface area contributed by atoms with Gasteiger partial charge in [-0.25, -0.2) is 0 Å². The number of hydrogen-bond donors (Lipinski definition) is 2. The Kier molecular flexibility index (Phi) is 3.69. The summed E-state index contributed by atoms with van der Waals surface area (Å²) < 4.78 is 37.4. The van der Waals surface area contributed by atoms with Crippen molar-refractivity contribution in [3.63, 3.8) is 0 Å². The first kappa shape index (κ1) is 16.0. The molecular formula is C15H14N2O4S2. The minimum atomic E-state index is -4.37. The molecule has 3 rings (SSSR count). The summed E-state index contributed by atoms with van der Waals surface area (Å²) in [5.41, 5.74) is 0.794. The van der Waals surface area contributed by atoms with Crippen molar-refractivity contribution in [2.75, 3.05) is 5.32 Å². The number of ether oxygens (including phenoxy) is 1. The van der Waals surface area contributed by atoms with Gasteiger partial charge in [-0.3, -0.25) is 4.55 Å². The zero-order chi connectivity index (χ0) is 16.8. The van der Waals surface area contributed by atoms with E-state index in [4.69, 9.17) is 10.00 Å². The lowest BCUT2D eigenvalue weighted by Gasteiger charge is -2.37. The van der Waals surface area contributed by atoms with E-state index < -0.39 is 21.3 Å². The third-order valence-electron chi connectivity index (χ3n) is 3.66. The fourth-order valence-corrected chi connectivity index (χ4v) is 3.86. The summed E-state index contributed by atoms with van der Waals surface area (Å²) in [4.78, 5) is 0.623. The highest BCUT2D eigenvalue weighted by Crippen LogP contribution is 2.40. The molecule has 1 aromatic heterocycles. The van der Waals surface area contributed by atoms with Crippen LogP contribution in [0, 0.1) is 11.3 Å². The molecule has 6 nitrogen and oxygen atoms in total. The van der Waals surface area contributed by atoms with Crippen molar-refractivity contribution >= 4 is 27.1 Å². The largest absolute Gasteiger partial charge is 0.345 e. The van der Waals surface area contributed by atoms with Gasteiger partial charge < -0.3 is 10.1 Å². The number of anilines is 1. The quantitative estimate of drug-likeness (QED) is 0.807. The maximum atomic E-state index is 11.3. The number of benzene rings is 1. The lowest BCUT2D eigenvalue weighted by atomic mass is 9.92. The Labute approximate surface area is 138 Å². The van der Waals surface area contributed by atoms with Gasteiger partial charge in [-0.15, -0.1) is 11.3 Å². The third-order valence-corrected chi connectivity index (χ3v) is 5.25. The van der Waals surface area contributed by atoms with Gasteiger partial charge in [0.1, 0.15) is 10.9 Å². The van der Waals surface area contributed by atoms with Gasteiger partial charge in [0, 0.05) is 11.3 Å². The average molecular weight is 350 g/mol. The Hall–Kier alpha value is -1.92. The van der Waals surface area contributed by atoms with Crippen LogP contribution in [0.4, 0.5) is 5.69 Å². The summed E-state index contributed by atoms with van der Waals surface area (Å²) in [6.07, 6.45) is 0. The van der Waals surface area contributed by atoms with Crippen LogP contribution in [-0.2, 0) is 20.5 Å². The van der Waals surface area contributed by atoms with E-state index in [1.165, 1.54) is 11.3 Å². The first-order chi connectivity index (χ1) is 10.7. The van der Waals surface area contributed by atoms with Gasteiger partial charge in [-0.2, -0.15) is 13.7 Å². The van der Waals surface area contributed by atoms with Crippen molar-refractivity contribution in [2.45, 2.75) is 25.0 Å². The van der Waals surface area contributed by atoms with Crippen LogP contribution in [-0.4, -0.2) is 18.5 Å². The second-order valence-corrected chi connectivity index (χ2v) is 8.06. The highest BCUT2D eigenvalue weighted by atomic mass is 32.2. The predicted octanol–water partition coefficient (Wildman–Crippen LogP) is 3.14. The molecule has 2 heterocycles. The molecule has 8 heteroatoms. The lowest BCUT2D eigenvalue weighted by molar-refractivity contribution is -0.0406. The topological polar surface area (TPSA) is 99.4 Å². The Morgan fingerprint density at radius 1 is 1.35 bits per heavy atom. The molecule has 1 aliphatic rings. The summed E-state index contributed by atoms with van der Waals surface area (Å²) in [7, 11) is -4.37. The second-order valence-electron chi connectivity index (χ2n) is 5.69. The van der Waals surface area contributed by atoms with E-state index in [0.717, 1.165) is 16.7 Å². The Balaban J connectivity index is 2.05. The molecule has 2 N–H and O–H groups in total. The summed E-state index contributed by atoms with van der Waals surface area (Å²) in [5, 5.41) is 13.5. The van der Waals surface area contributed by atoms with E-state index in [9.17, 15) is 13.0 Å². The standard InChI is InChI=1S/C15H14N2O4S2/c1-15(2)12-6-9(10-5-11(7-16)22-8-10)3-4-13(12)17-14(21-15)23(18,19)20/h3-6,8,14,17H,1-2H3,(H,18,19,20). The number of nitrogens with one attached hydrogen (secondary N) is 1. The fraction of sp³-hybridized carbons (Fsp3) is 0.267. The highest BCUT2D eigenvalue weighted by Gasteiger charge is 2.39. The first-order valence-electron chi connectivity index (χ1n) is 6.75. The van der Waals surface area contributed by atoms with Crippen LogP contribution in [0.1, 0.15) is 24.3 Å². The molecule has 2 aromatic rings. The number of thiophene rings is 1. The number of nitrogens with zero attached hydrogens (tertiary/aromatic N) is 1. The molecule has 0 amide bonds. The summed E-state index contributed by atoms with van der Waals surface area (Å²) in [5.74, 6) is 0. The monoisotopic (exact) mass is 350 g/mol. The van der Waals surface area contributed by atoms with Crippen molar-refractivity contribution in [1.82, 2.24) is 0 Å². The average Bonchev–Trinajstić information content (AvgIpc) is 2.94. The third kappa shape index (κ3) is 2.96. The molecule has 1 unspecified atom stereocenters. The van der Waals surface area contributed by atoms with Gasteiger partial charge in [-0.1, -0.05) is 6.07 Å². The predicted molar refractivity (Wildman–Crippen MR) is 87.5 cm³/mol. The van der Waals surface area contributed by atoms with Crippen molar-refractivity contribution in [3.05, 3.63) is 40.1 Å². The van der Waals surface area contributed by atoms with Crippen molar-refractivity contribution in [3.8, 4) is 17.2 Å². The van der Waals surface area contributed by atoms with E-state index in [1.807, 2.05) is 17.5 Å². The Morgan fingerprint density at radius 2 is 2.09 bits per heavy atom. The highest BCUT2D eigenvalue weighted by molar-refractivity contribution is 7.86. The maximum Gasteiger partial charge on any atom is 0.312 e. The van der Waals surface area contributed by atoms with Crippen LogP contribution in [0.3, 0.4) is 0 Å². The smallest absolute Gasteiger partial charge is 0.312 e. The lowest BCUT2D eigenvalue weighted by Crippen LogP contribution is -2.43. The van der Waals surface area contributed by atoms with Gasteiger partial charge >= 0.3 is 10.1 Å². The molecule has 120 valence electrons. The molecule has 0 spiro atoms. The summed E-state index contributed by atoms with van der Waals surface area (Å²) in [6.45, 7) is 3.48. The minimum absolute atomic E-state index is 0.586. The van der Waals surface area contributed by atoms with Crippen LogP contribution in [0.25, 0.3) is 11.1 Å². The molecular weight excluding hydrogens is 336 g/mol. The zero-order valence-electron chi connectivity index (χ0n) is 12.4. The van der Waals surface area contributed by atoms with Gasteiger partial charge in [0.25, 0.3) is 5.56 Å². The van der Waals surface area contributed by atoms with E-state index in [0.29, 0.717) is 10.6 Å². The SMILES string of the molecule is CC1(C)OC(S(=O)(=O)O)Nc2ccc(-c3csc(C#N)c3)cc21. The molecule has 0 radical (unpaired) electrons. The molecule has 0 aliphatic carbocycles. The van der Waals surface area contributed by atoms with Gasteiger partial charge in [0.05, 0.1) is 5.60 Å². The van der Waals surface area contributed by atoms with Gasteiger partial charge in [0.2, 0.25) is 0 Å². The van der Waals surface area contributed by atoms with Gasteiger partial charge in [-0.05, 0) is 48.6 Å². The first-order valence-corrected chi connectivity index (χ1v) is 9.13. The van der Waals surface area contributed by atoms with Crippen molar-refractivity contribution < 1.29 is 17.7 Å². The van der Waals surface area contributed by atoms with E-state index in [-0.39, 0.29) is 0 Å². The van der Waals surface area contributed by atoms with Crippen molar-refractivity contribution in [2.24, 2.45) is 0 Å². The molecule has 0 saturated heterocycles. The maximum absolute atomic E-state index is 11.3. The van der Waals surface area contributed by atoms with Crippen LogP contribution in [0.2, 0.25) is 0 Å². The van der Waals surface area contributed by atoms with Crippen molar-refractivity contribution in [1.29, 1.82) is 5.26 Å². The number of nitriles is 1. The van der Waals surface area contributed by atoms with E-state index in [1.54, 1.807) is 26.0 Å². The minimum Gasteiger partial charge on any atom is -0.345 e. The molecule has 1 atom stereocenters. The molecule has 0 bridgehead atoms. The molecule has 23 heavy (non-hydrogen) atoms. The molecule has 0 fully saturated rings. The van der Waals surface area contributed by atoms with Crippen LogP contribution in [0.5, 0.6) is 0 Å². The summed E-state index contributed by atoms with van der Waals surface area (Å²) >= 11 is 1.37.